The zero-order valence-electron chi connectivity index (χ0n) is 14.3. The molecule has 2 atom stereocenters. The smallest absolute Gasteiger partial charge is 0.0841 e. The van der Waals surface area contributed by atoms with Crippen molar-refractivity contribution in [1.82, 2.24) is 0 Å². The van der Waals surface area contributed by atoms with Crippen LogP contribution in [0.1, 0.15) is 103 Å². The molecule has 0 bridgehead atoms. The van der Waals surface area contributed by atoms with Gasteiger partial charge in [0.05, 0.1) is 12.2 Å². The van der Waals surface area contributed by atoms with Gasteiger partial charge in [-0.25, -0.2) is 0 Å². The first-order chi connectivity index (χ1) is 10.4. The van der Waals surface area contributed by atoms with Crippen molar-refractivity contribution in [2.24, 2.45) is 0 Å². The van der Waals surface area contributed by atoms with Gasteiger partial charge >= 0.3 is 0 Å². The first-order valence-electron chi connectivity index (χ1n) is 9.64. The number of hydrogen-bond acceptors (Lipinski definition) is 2. The second kappa shape index (κ2) is 13.6. The van der Waals surface area contributed by atoms with Crippen LogP contribution in [0.5, 0.6) is 0 Å². The molecule has 1 saturated heterocycles. The molecule has 2 heteroatoms. The molecule has 0 aromatic rings. The molecule has 126 valence electrons. The number of ether oxygens (including phenoxy) is 1. The van der Waals surface area contributed by atoms with E-state index in [2.05, 4.69) is 6.92 Å². The van der Waals surface area contributed by atoms with E-state index in [9.17, 15) is 0 Å². The van der Waals surface area contributed by atoms with Crippen LogP contribution in [0, 0.1) is 0 Å². The molecule has 0 amide bonds. The van der Waals surface area contributed by atoms with E-state index < -0.39 is 0 Å². The summed E-state index contributed by atoms with van der Waals surface area (Å²) in [6, 6.07) is 0. The molecule has 1 heterocycles. The van der Waals surface area contributed by atoms with Crippen molar-refractivity contribution < 1.29 is 9.84 Å². The summed E-state index contributed by atoms with van der Waals surface area (Å²) in [6.07, 6.45) is 21.1. The van der Waals surface area contributed by atoms with Crippen LogP contribution >= 0.6 is 0 Å². The van der Waals surface area contributed by atoms with E-state index in [-0.39, 0.29) is 0 Å². The Hall–Kier alpha value is -0.0800. The lowest BCUT2D eigenvalue weighted by Crippen LogP contribution is -1.95. The van der Waals surface area contributed by atoms with Crippen molar-refractivity contribution >= 4 is 0 Å². The maximum absolute atomic E-state index is 8.71. The molecule has 0 saturated carbocycles. The lowest BCUT2D eigenvalue weighted by Gasteiger charge is -2.00. The molecule has 1 rings (SSSR count). The molecule has 0 aromatic carbocycles. The van der Waals surface area contributed by atoms with Crippen molar-refractivity contribution in [2.45, 2.75) is 115 Å². The lowest BCUT2D eigenvalue weighted by molar-refractivity contribution is 0.282. The van der Waals surface area contributed by atoms with Gasteiger partial charge in [-0.15, -0.1) is 0 Å². The third kappa shape index (κ3) is 11.2. The molecule has 1 N–H and O–H groups in total. The Bertz CT molecular complexity index is 196. The summed E-state index contributed by atoms with van der Waals surface area (Å²) in [5.41, 5.74) is 0. The molecular weight excluding hydrogens is 260 g/mol. The van der Waals surface area contributed by atoms with Crippen LogP contribution in [0.4, 0.5) is 0 Å². The fraction of sp³-hybridized carbons (Fsp3) is 1.00. The van der Waals surface area contributed by atoms with E-state index in [1.54, 1.807) is 0 Å². The van der Waals surface area contributed by atoms with Crippen LogP contribution in [0.3, 0.4) is 0 Å². The van der Waals surface area contributed by atoms with Crippen LogP contribution in [-0.4, -0.2) is 23.9 Å². The molecule has 2 unspecified atom stereocenters. The quantitative estimate of drug-likeness (QED) is 0.296. The number of rotatable bonds is 16. The van der Waals surface area contributed by atoms with E-state index in [1.807, 2.05) is 0 Å². The summed E-state index contributed by atoms with van der Waals surface area (Å²) in [5, 5.41) is 8.71. The summed E-state index contributed by atoms with van der Waals surface area (Å²) in [4.78, 5) is 0. The summed E-state index contributed by atoms with van der Waals surface area (Å²) in [6.45, 7) is 2.63. The predicted octanol–water partition coefficient (Wildman–Crippen LogP) is 5.62. The van der Waals surface area contributed by atoms with Gasteiger partial charge in [0.15, 0.2) is 0 Å². The number of epoxide rings is 1. The highest BCUT2D eigenvalue weighted by molar-refractivity contribution is 4.84. The van der Waals surface area contributed by atoms with Gasteiger partial charge in [-0.1, -0.05) is 84.0 Å². The van der Waals surface area contributed by atoms with E-state index in [1.165, 1.54) is 89.9 Å². The summed E-state index contributed by atoms with van der Waals surface area (Å²) in [7, 11) is 0. The fourth-order valence-corrected chi connectivity index (χ4v) is 3.15. The van der Waals surface area contributed by atoms with Crippen LogP contribution in [0.15, 0.2) is 0 Å². The van der Waals surface area contributed by atoms with E-state index >= 15 is 0 Å². The number of aliphatic hydroxyl groups excluding tert-OH is 1. The van der Waals surface area contributed by atoms with Gasteiger partial charge < -0.3 is 9.84 Å². The summed E-state index contributed by atoms with van der Waals surface area (Å²) in [5.74, 6) is 0. The topological polar surface area (TPSA) is 32.8 Å². The van der Waals surface area contributed by atoms with E-state index in [0.717, 1.165) is 6.42 Å². The molecule has 1 aliphatic heterocycles. The average Bonchev–Trinajstić information content (AvgIpc) is 3.24. The van der Waals surface area contributed by atoms with Gasteiger partial charge in [0.2, 0.25) is 0 Å². The molecule has 0 aliphatic carbocycles. The molecule has 1 aliphatic rings. The van der Waals surface area contributed by atoms with Crippen molar-refractivity contribution in [3.63, 3.8) is 0 Å². The highest BCUT2D eigenvalue weighted by Gasteiger charge is 2.36. The van der Waals surface area contributed by atoms with Crippen molar-refractivity contribution in [2.75, 3.05) is 6.61 Å². The Morgan fingerprint density at radius 1 is 0.619 bits per heavy atom. The lowest BCUT2D eigenvalue weighted by atomic mass is 10.0. The highest BCUT2D eigenvalue weighted by atomic mass is 16.6. The Morgan fingerprint density at radius 3 is 1.52 bits per heavy atom. The first-order valence-corrected chi connectivity index (χ1v) is 9.64. The zero-order valence-corrected chi connectivity index (χ0v) is 14.3. The Balaban J connectivity index is 1.74. The molecule has 2 nitrogen and oxygen atoms in total. The van der Waals surface area contributed by atoms with Crippen LogP contribution in [0.25, 0.3) is 0 Å². The fourth-order valence-electron chi connectivity index (χ4n) is 3.15. The normalized spacial score (nSPS) is 20.9. The molecular formula is C19H38O2. The average molecular weight is 299 g/mol. The number of unbranched alkanes of at least 4 members (excludes halogenated alkanes) is 11. The minimum atomic E-state index is 0.357. The first kappa shape index (κ1) is 19.0. The van der Waals surface area contributed by atoms with Crippen LogP contribution in [-0.2, 0) is 4.74 Å². The Morgan fingerprint density at radius 2 is 1.05 bits per heavy atom. The highest BCUT2D eigenvalue weighted by Crippen LogP contribution is 2.31. The van der Waals surface area contributed by atoms with Gasteiger partial charge in [-0.2, -0.15) is 0 Å². The second-order valence-corrected chi connectivity index (χ2v) is 6.76. The van der Waals surface area contributed by atoms with Crippen LogP contribution in [0.2, 0.25) is 0 Å². The third-order valence-corrected chi connectivity index (χ3v) is 4.68. The SMILES string of the molecule is CCCCCCCCCC1OC1CCCCCCCCO. The molecule has 0 spiro atoms. The predicted molar refractivity (Wildman–Crippen MR) is 90.7 cm³/mol. The third-order valence-electron chi connectivity index (χ3n) is 4.68. The largest absolute Gasteiger partial charge is 0.396 e. The van der Waals surface area contributed by atoms with E-state index in [4.69, 9.17) is 9.84 Å². The van der Waals surface area contributed by atoms with Gasteiger partial charge in [-0.3, -0.25) is 0 Å². The number of hydrogen-bond donors (Lipinski definition) is 1. The molecule has 0 radical (unpaired) electrons. The Kier molecular flexibility index (Phi) is 12.3. The van der Waals surface area contributed by atoms with Crippen molar-refractivity contribution in [1.29, 1.82) is 0 Å². The standard InChI is InChI=1S/C19H38O2/c1-2-3-4-5-6-9-12-15-18-19(21-18)16-13-10-7-8-11-14-17-20/h18-20H,2-17H2,1H3. The second-order valence-electron chi connectivity index (χ2n) is 6.76. The number of aliphatic hydroxyl groups is 1. The van der Waals surface area contributed by atoms with Crippen LogP contribution < -0.4 is 0 Å². The van der Waals surface area contributed by atoms with Crippen molar-refractivity contribution in [3.8, 4) is 0 Å². The zero-order chi connectivity index (χ0) is 15.2. The van der Waals surface area contributed by atoms with Gasteiger partial charge in [0.1, 0.15) is 0 Å². The maximum Gasteiger partial charge on any atom is 0.0841 e. The van der Waals surface area contributed by atoms with Gasteiger partial charge in [0, 0.05) is 6.61 Å². The van der Waals surface area contributed by atoms with Gasteiger partial charge in [0.25, 0.3) is 0 Å². The minimum Gasteiger partial charge on any atom is -0.396 e. The van der Waals surface area contributed by atoms with Gasteiger partial charge in [-0.05, 0) is 19.3 Å². The molecule has 1 fully saturated rings. The maximum atomic E-state index is 8.71. The summed E-state index contributed by atoms with van der Waals surface area (Å²) < 4.78 is 5.77. The van der Waals surface area contributed by atoms with E-state index in [0.29, 0.717) is 18.8 Å². The molecule has 0 aromatic heterocycles. The minimum absolute atomic E-state index is 0.357. The molecule has 21 heavy (non-hydrogen) atoms. The van der Waals surface area contributed by atoms with Crippen molar-refractivity contribution in [3.05, 3.63) is 0 Å². The Labute approximate surface area is 132 Å². The monoisotopic (exact) mass is 298 g/mol. The summed E-state index contributed by atoms with van der Waals surface area (Å²) >= 11 is 0.